The topological polar surface area (TPSA) is 65.4 Å². The average molecular weight is 430 g/mol. The van der Waals surface area contributed by atoms with Crippen molar-refractivity contribution in [2.45, 2.75) is 18.9 Å². The van der Waals surface area contributed by atoms with E-state index in [9.17, 15) is 4.79 Å². The molecule has 2 heterocycles. The Hall–Kier alpha value is -3.80. The highest BCUT2D eigenvalue weighted by Crippen LogP contribution is 2.37. The minimum atomic E-state index is -0.164. The van der Waals surface area contributed by atoms with Crippen molar-refractivity contribution >= 4 is 16.8 Å². The smallest absolute Gasteiger partial charge is 0.221 e. The summed E-state index contributed by atoms with van der Waals surface area (Å²) in [5.74, 6) is 1.20. The van der Waals surface area contributed by atoms with Crippen LogP contribution in [0.5, 0.6) is 11.5 Å². The van der Waals surface area contributed by atoms with E-state index in [1.807, 2.05) is 49.5 Å². The van der Waals surface area contributed by atoms with Crippen molar-refractivity contribution in [2.24, 2.45) is 7.05 Å². The largest absolute Gasteiger partial charge is 0.497 e. The summed E-state index contributed by atoms with van der Waals surface area (Å²) < 4.78 is 13.1. The Morgan fingerprint density at radius 3 is 2.41 bits per heavy atom. The lowest BCUT2D eigenvalue weighted by molar-refractivity contribution is -0.121. The third kappa shape index (κ3) is 4.59. The number of nitrogens with zero attached hydrogens (tertiary/aromatic N) is 2. The molecule has 1 amide bonds. The number of pyridine rings is 1. The van der Waals surface area contributed by atoms with Gasteiger partial charge in [0.25, 0.3) is 0 Å². The normalized spacial score (nSPS) is 11.8. The number of hydrogen-bond donors (Lipinski definition) is 1. The summed E-state index contributed by atoms with van der Waals surface area (Å²) in [5.41, 5.74) is 4.20. The molecule has 0 unspecified atom stereocenters. The highest BCUT2D eigenvalue weighted by atomic mass is 16.5. The number of fused-ring (bicyclic) bond motifs is 1. The first-order valence-corrected chi connectivity index (χ1v) is 10.5. The molecule has 6 nitrogen and oxygen atoms in total. The summed E-state index contributed by atoms with van der Waals surface area (Å²) >= 11 is 0. The maximum atomic E-state index is 13.0. The fourth-order valence-corrected chi connectivity index (χ4v) is 4.05. The number of rotatable bonds is 8. The Kier molecular flexibility index (Phi) is 6.40. The van der Waals surface area contributed by atoms with E-state index < -0.39 is 0 Å². The van der Waals surface area contributed by atoms with Crippen LogP contribution in [0.4, 0.5) is 0 Å². The van der Waals surface area contributed by atoms with Crippen LogP contribution < -0.4 is 14.8 Å². The van der Waals surface area contributed by atoms with Crippen LogP contribution in [0.2, 0.25) is 0 Å². The molecule has 4 aromatic rings. The van der Waals surface area contributed by atoms with Gasteiger partial charge in [-0.05, 0) is 47.0 Å². The van der Waals surface area contributed by atoms with Crippen LogP contribution in [0.3, 0.4) is 0 Å². The fourth-order valence-electron chi connectivity index (χ4n) is 4.05. The molecule has 1 atom stereocenters. The van der Waals surface area contributed by atoms with Crippen LogP contribution in [0, 0.1) is 0 Å². The molecule has 0 fully saturated rings. The monoisotopic (exact) mass is 429 g/mol. The summed E-state index contributed by atoms with van der Waals surface area (Å²) in [6.45, 7) is 0.463. The minimum Gasteiger partial charge on any atom is -0.497 e. The van der Waals surface area contributed by atoms with E-state index in [-0.39, 0.29) is 11.8 Å². The van der Waals surface area contributed by atoms with Gasteiger partial charge in [-0.3, -0.25) is 9.78 Å². The van der Waals surface area contributed by atoms with Gasteiger partial charge in [-0.2, -0.15) is 0 Å². The van der Waals surface area contributed by atoms with Crippen molar-refractivity contribution in [3.8, 4) is 11.5 Å². The van der Waals surface area contributed by atoms with Crippen molar-refractivity contribution in [2.75, 3.05) is 14.2 Å². The molecule has 0 aliphatic heterocycles. The van der Waals surface area contributed by atoms with Crippen molar-refractivity contribution < 1.29 is 14.3 Å². The number of aryl methyl sites for hydroxylation is 1. The number of amides is 1. The minimum absolute atomic E-state index is 0.0264. The Morgan fingerprint density at radius 1 is 1.03 bits per heavy atom. The summed E-state index contributed by atoms with van der Waals surface area (Å²) in [5, 5.41) is 4.17. The van der Waals surface area contributed by atoms with E-state index >= 15 is 0 Å². The van der Waals surface area contributed by atoms with Crippen molar-refractivity contribution in [3.63, 3.8) is 0 Å². The number of hydrogen-bond acceptors (Lipinski definition) is 4. The molecule has 0 spiro atoms. The number of nitrogens with one attached hydrogen (secondary N) is 1. The lowest BCUT2D eigenvalue weighted by atomic mass is 9.87. The Morgan fingerprint density at radius 2 is 1.72 bits per heavy atom. The molecule has 1 N–H and O–H groups in total. The summed E-state index contributed by atoms with van der Waals surface area (Å²) in [7, 11) is 5.29. The van der Waals surface area contributed by atoms with E-state index in [4.69, 9.17) is 9.47 Å². The molecule has 2 aromatic carbocycles. The van der Waals surface area contributed by atoms with Crippen molar-refractivity contribution in [3.05, 3.63) is 89.9 Å². The van der Waals surface area contributed by atoms with Crippen LogP contribution >= 0.6 is 0 Å². The molecular formula is C26H27N3O3. The predicted molar refractivity (Wildman–Crippen MR) is 125 cm³/mol. The van der Waals surface area contributed by atoms with Crippen LogP contribution in [-0.4, -0.2) is 29.7 Å². The summed E-state index contributed by atoms with van der Waals surface area (Å²) in [6.07, 6.45) is 5.86. The van der Waals surface area contributed by atoms with Gasteiger partial charge >= 0.3 is 0 Å². The third-order valence-corrected chi connectivity index (χ3v) is 5.71. The van der Waals surface area contributed by atoms with Crippen LogP contribution in [0.1, 0.15) is 29.0 Å². The van der Waals surface area contributed by atoms with Gasteiger partial charge in [-0.25, -0.2) is 0 Å². The number of benzene rings is 2. The number of aromatic nitrogens is 2. The fraction of sp³-hybridized carbons (Fsp3) is 0.231. The van der Waals surface area contributed by atoms with Crippen LogP contribution in [-0.2, 0) is 18.4 Å². The van der Waals surface area contributed by atoms with E-state index in [1.165, 1.54) is 0 Å². The zero-order valence-electron chi connectivity index (χ0n) is 18.5. The molecule has 0 saturated heterocycles. The Bertz CT molecular complexity index is 1200. The zero-order chi connectivity index (χ0) is 22.5. The predicted octanol–water partition coefficient (Wildman–Crippen LogP) is 4.43. The second kappa shape index (κ2) is 9.56. The van der Waals surface area contributed by atoms with Crippen LogP contribution in [0.25, 0.3) is 10.9 Å². The van der Waals surface area contributed by atoms with Gasteiger partial charge in [0, 0.05) is 61.5 Å². The van der Waals surface area contributed by atoms with Crippen LogP contribution in [0.15, 0.2) is 73.2 Å². The van der Waals surface area contributed by atoms with Gasteiger partial charge in [0.05, 0.1) is 14.2 Å². The molecule has 0 aliphatic carbocycles. The van der Waals surface area contributed by atoms with Crippen molar-refractivity contribution in [1.29, 1.82) is 0 Å². The molecule has 4 rings (SSSR count). The van der Waals surface area contributed by atoms with Gasteiger partial charge in [0.2, 0.25) is 5.91 Å². The number of ether oxygens (including phenoxy) is 2. The molecule has 0 bridgehead atoms. The van der Waals surface area contributed by atoms with Gasteiger partial charge < -0.3 is 19.4 Å². The molecule has 0 radical (unpaired) electrons. The Labute approximate surface area is 187 Å². The molecule has 0 saturated carbocycles. The molecule has 2 aromatic heterocycles. The van der Waals surface area contributed by atoms with Crippen molar-refractivity contribution in [1.82, 2.24) is 14.9 Å². The maximum absolute atomic E-state index is 13.0. The van der Waals surface area contributed by atoms with Gasteiger partial charge in [-0.1, -0.05) is 18.2 Å². The zero-order valence-corrected chi connectivity index (χ0v) is 18.5. The molecule has 0 aliphatic rings. The van der Waals surface area contributed by atoms with E-state index in [2.05, 4.69) is 33.2 Å². The standard InChI is InChI=1S/C26H27N3O3/c1-29-17-24(22-6-4-5-7-25(22)29)23(19-12-20(31-2)14-21(13-19)32-3)15-26(30)28-16-18-8-10-27-11-9-18/h4-14,17,23H,15-16H2,1-3H3,(H,28,30)/t23-/m1/s1. The first-order valence-electron chi connectivity index (χ1n) is 10.5. The first-order chi connectivity index (χ1) is 15.6. The second-order valence-electron chi connectivity index (χ2n) is 7.75. The lowest BCUT2D eigenvalue weighted by Gasteiger charge is -2.19. The molecule has 6 heteroatoms. The maximum Gasteiger partial charge on any atom is 0.221 e. The lowest BCUT2D eigenvalue weighted by Crippen LogP contribution is -2.25. The van der Waals surface area contributed by atoms with Gasteiger partial charge in [-0.15, -0.1) is 0 Å². The Balaban J connectivity index is 1.71. The number of carbonyl (C=O) groups is 1. The average Bonchev–Trinajstić information content (AvgIpc) is 3.17. The van der Waals surface area contributed by atoms with E-state index in [0.717, 1.165) is 27.6 Å². The quantitative estimate of drug-likeness (QED) is 0.450. The van der Waals surface area contributed by atoms with Gasteiger partial charge in [0.1, 0.15) is 11.5 Å². The summed E-state index contributed by atoms with van der Waals surface area (Å²) in [4.78, 5) is 17.1. The number of para-hydroxylation sites is 1. The van der Waals surface area contributed by atoms with E-state index in [0.29, 0.717) is 24.5 Å². The molecule has 32 heavy (non-hydrogen) atoms. The SMILES string of the molecule is COc1cc(OC)cc([C@@H](CC(=O)NCc2ccncc2)c2cn(C)c3ccccc23)c1. The summed E-state index contributed by atoms with van der Waals surface area (Å²) in [6, 6.07) is 17.8. The van der Waals surface area contributed by atoms with Gasteiger partial charge in [0.15, 0.2) is 0 Å². The first kappa shape index (κ1) is 21.4. The highest BCUT2D eigenvalue weighted by molar-refractivity contribution is 5.86. The second-order valence-corrected chi connectivity index (χ2v) is 7.75. The number of methoxy groups -OCH3 is 2. The van der Waals surface area contributed by atoms with E-state index in [1.54, 1.807) is 26.6 Å². The molecular weight excluding hydrogens is 402 g/mol. The highest BCUT2D eigenvalue weighted by Gasteiger charge is 2.23. The number of carbonyl (C=O) groups excluding carboxylic acids is 1. The molecule has 164 valence electrons. The third-order valence-electron chi connectivity index (χ3n) is 5.71.